The summed E-state index contributed by atoms with van der Waals surface area (Å²) >= 11 is 0. The van der Waals surface area contributed by atoms with Gasteiger partial charge in [-0.05, 0) is 17.7 Å². The van der Waals surface area contributed by atoms with Crippen molar-refractivity contribution in [3.05, 3.63) is 54.2 Å². The van der Waals surface area contributed by atoms with Crippen LogP contribution in [-0.4, -0.2) is 29.8 Å². The van der Waals surface area contributed by atoms with Crippen molar-refractivity contribution in [2.75, 3.05) is 0 Å². The summed E-state index contributed by atoms with van der Waals surface area (Å²) < 4.78 is 66.5. The Morgan fingerprint density at radius 3 is 2.46 bits per heavy atom. The number of rotatable bonds is 4. The van der Waals surface area contributed by atoms with Crippen LogP contribution in [0.15, 0.2) is 53.7 Å². The lowest BCUT2D eigenvalue weighted by molar-refractivity contribution is -0.153. The molecule has 0 fully saturated rings. The van der Waals surface area contributed by atoms with Crippen molar-refractivity contribution >= 4 is 21.1 Å². The van der Waals surface area contributed by atoms with E-state index in [1.54, 1.807) is 10.8 Å². The molecule has 2 aromatic heterocycles. The SMILES string of the molecule is O=S(=O)(N[C@@H](c1ccccc1)C(F)(F)F)c1n[nH]c2ncccc12. The molecule has 0 aliphatic heterocycles. The fourth-order valence-corrected chi connectivity index (χ4v) is 3.53. The lowest BCUT2D eigenvalue weighted by atomic mass is 10.1. The smallest absolute Gasteiger partial charge is 0.259 e. The van der Waals surface area contributed by atoms with Gasteiger partial charge in [-0.25, -0.2) is 13.4 Å². The van der Waals surface area contributed by atoms with Gasteiger partial charge in [0, 0.05) is 6.20 Å². The molecule has 0 bridgehead atoms. The minimum atomic E-state index is -4.81. The average molecular weight is 356 g/mol. The van der Waals surface area contributed by atoms with Gasteiger partial charge in [0.05, 0.1) is 5.39 Å². The van der Waals surface area contributed by atoms with Crippen LogP contribution in [0.3, 0.4) is 0 Å². The summed E-state index contributed by atoms with van der Waals surface area (Å²) in [6.45, 7) is 0. The maximum absolute atomic E-state index is 13.3. The fourth-order valence-electron chi connectivity index (χ4n) is 2.22. The molecule has 3 rings (SSSR count). The zero-order valence-corrected chi connectivity index (χ0v) is 12.8. The number of sulfonamides is 1. The van der Waals surface area contributed by atoms with Gasteiger partial charge in [0.1, 0.15) is 6.04 Å². The van der Waals surface area contributed by atoms with Crippen LogP contribution in [0.4, 0.5) is 13.2 Å². The number of halogens is 3. The molecule has 0 saturated heterocycles. The van der Waals surface area contributed by atoms with Crippen LogP contribution in [0.1, 0.15) is 11.6 Å². The van der Waals surface area contributed by atoms with Gasteiger partial charge in [-0.1, -0.05) is 30.3 Å². The number of nitrogens with zero attached hydrogens (tertiary/aromatic N) is 2. The van der Waals surface area contributed by atoms with Crippen molar-refractivity contribution in [2.24, 2.45) is 0 Å². The second kappa shape index (κ2) is 5.87. The topological polar surface area (TPSA) is 87.7 Å². The van der Waals surface area contributed by atoms with Crippen LogP contribution in [0.5, 0.6) is 0 Å². The number of aromatic nitrogens is 3. The summed E-state index contributed by atoms with van der Waals surface area (Å²) in [4.78, 5) is 3.87. The van der Waals surface area contributed by atoms with Crippen molar-refractivity contribution in [1.29, 1.82) is 0 Å². The van der Waals surface area contributed by atoms with Gasteiger partial charge in [-0.3, -0.25) is 5.10 Å². The highest BCUT2D eigenvalue weighted by Crippen LogP contribution is 2.34. The van der Waals surface area contributed by atoms with Crippen molar-refractivity contribution in [3.63, 3.8) is 0 Å². The lowest BCUT2D eigenvalue weighted by Crippen LogP contribution is -2.38. The molecule has 0 unspecified atom stereocenters. The van der Waals surface area contributed by atoms with Gasteiger partial charge >= 0.3 is 6.18 Å². The Morgan fingerprint density at radius 1 is 1.08 bits per heavy atom. The van der Waals surface area contributed by atoms with E-state index in [1.165, 1.54) is 42.6 Å². The van der Waals surface area contributed by atoms with Crippen LogP contribution in [0, 0.1) is 0 Å². The third-order valence-electron chi connectivity index (χ3n) is 3.29. The van der Waals surface area contributed by atoms with E-state index in [-0.39, 0.29) is 16.6 Å². The first-order valence-electron chi connectivity index (χ1n) is 6.72. The Hall–Kier alpha value is -2.46. The number of benzene rings is 1. The van der Waals surface area contributed by atoms with Crippen molar-refractivity contribution in [1.82, 2.24) is 19.9 Å². The van der Waals surface area contributed by atoms with Crippen molar-refractivity contribution in [3.8, 4) is 0 Å². The molecule has 2 heterocycles. The third-order valence-corrected chi connectivity index (χ3v) is 4.66. The van der Waals surface area contributed by atoms with E-state index in [4.69, 9.17) is 0 Å². The van der Waals surface area contributed by atoms with E-state index in [1.807, 2.05) is 0 Å². The summed E-state index contributed by atoms with van der Waals surface area (Å²) in [6, 6.07) is 7.23. The summed E-state index contributed by atoms with van der Waals surface area (Å²) in [5, 5.41) is 5.55. The molecular weight excluding hydrogens is 345 g/mol. The second-order valence-electron chi connectivity index (χ2n) is 4.93. The summed E-state index contributed by atoms with van der Waals surface area (Å²) in [7, 11) is -4.53. The van der Waals surface area contributed by atoms with E-state index in [2.05, 4.69) is 15.2 Å². The third kappa shape index (κ3) is 3.10. The maximum Gasteiger partial charge on any atom is 0.408 e. The Bertz CT molecular complexity index is 955. The van der Waals surface area contributed by atoms with Gasteiger partial charge in [0.2, 0.25) is 5.03 Å². The van der Waals surface area contributed by atoms with E-state index in [9.17, 15) is 21.6 Å². The average Bonchev–Trinajstić information content (AvgIpc) is 2.97. The van der Waals surface area contributed by atoms with Crippen molar-refractivity contribution < 1.29 is 21.6 Å². The monoisotopic (exact) mass is 356 g/mol. The first-order chi connectivity index (χ1) is 11.3. The minimum absolute atomic E-state index is 0.110. The van der Waals surface area contributed by atoms with Gasteiger partial charge in [-0.15, -0.1) is 0 Å². The van der Waals surface area contributed by atoms with Crippen LogP contribution in [-0.2, 0) is 10.0 Å². The van der Waals surface area contributed by atoms with Crippen LogP contribution in [0.25, 0.3) is 11.0 Å². The summed E-state index contributed by atoms with van der Waals surface area (Å²) in [5.74, 6) is 0. The summed E-state index contributed by atoms with van der Waals surface area (Å²) in [5.41, 5.74) is -0.0484. The number of pyridine rings is 1. The molecule has 6 nitrogen and oxygen atoms in total. The van der Waals surface area contributed by atoms with Gasteiger partial charge in [-0.2, -0.15) is 23.0 Å². The molecule has 1 atom stereocenters. The molecular formula is C14H11F3N4O2S. The molecule has 0 amide bonds. The number of nitrogens with one attached hydrogen (secondary N) is 2. The van der Waals surface area contributed by atoms with Gasteiger partial charge in [0.15, 0.2) is 5.65 Å². The molecule has 0 radical (unpaired) electrons. The Labute approximate surface area is 134 Å². The van der Waals surface area contributed by atoms with Crippen molar-refractivity contribution in [2.45, 2.75) is 17.2 Å². The Morgan fingerprint density at radius 2 is 1.79 bits per heavy atom. The number of aromatic amines is 1. The van der Waals surface area contributed by atoms with Crippen LogP contribution < -0.4 is 4.72 Å². The zero-order valence-electron chi connectivity index (χ0n) is 11.9. The second-order valence-corrected chi connectivity index (χ2v) is 6.56. The Balaban J connectivity index is 2.03. The fraction of sp³-hybridized carbons (Fsp3) is 0.143. The lowest BCUT2D eigenvalue weighted by Gasteiger charge is -2.21. The molecule has 126 valence electrons. The highest BCUT2D eigenvalue weighted by atomic mass is 32.2. The molecule has 0 saturated carbocycles. The molecule has 24 heavy (non-hydrogen) atoms. The van der Waals surface area contributed by atoms with Crippen LogP contribution in [0.2, 0.25) is 0 Å². The molecule has 1 aromatic carbocycles. The minimum Gasteiger partial charge on any atom is -0.259 e. The Kier molecular flexibility index (Phi) is 4.01. The van der Waals surface area contributed by atoms with E-state index >= 15 is 0 Å². The number of H-pyrrole nitrogens is 1. The number of hydrogen-bond donors (Lipinski definition) is 2. The maximum atomic E-state index is 13.3. The largest absolute Gasteiger partial charge is 0.408 e. The van der Waals surface area contributed by atoms with Crippen LogP contribution >= 0.6 is 0 Å². The highest BCUT2D eigenvalue weighted by molar-refractivity contribution is 7.89. The predicted molar refractivity (Wildman–Crippen MR) is 79.4 cm³/mol. The van der Waals surface area contributed by atoms with E-state index in [0.717, 1.165) is 0 Å². The number of hydrogen-bond acceptors (Lipinski definition) is 4. The van der Waals surface area contributed by atoms with Gasteiger partial charge < -0.3 is 0 Å². The molecule has 2 N–H and O–H groups in total. The molecule has 10 heteroatoms. The molecule has 3 aromatic rings. The number of alkyl halides is 3. The summed E-state index contributed by atoms with van der Waals surface area (Å²) in [6.07, 6.45) is -3.40. The zero-order chi connectivity index (χ0) is 17.4. The molecule has 0 spiro atoms. The first-order valence-corrected chi connectivity index (χ1v) is 8.20. The standard InChI is InChI=1S/C14H11F3N4O2S/c15-14(16,17)11(9-5-2-1-3-6-9)21-24(22,23)13-10-7-4-8-18-12(10)19-20-13/h1-8,11,21H,(H,18,19,20)/t11-/m0/s1. The normalized spacial score (nSPS) is 14.0. The first kappa shape index (κ1) is 16.4. The number of fused-ring (bicyclic) bond motifs is 1. The van der Waals surface area contributed by atoms with E-state index < -0.39 is 27.3 Å². The van der Waals surface area contributed by atoms with E-state index in [0.29, 0.717) is 0 Å². The highest BCUT2D eigenvalue weighted by Gasteiger charge is 2.44. The quantitative estimate of drug-likeness (QED) is 0.752. The molecule has 0 aliphatic carbocycles. The molecule has 0 aliphatic rings. The predicted octanol–water partition coefficient (Wildman–Crippen LogP) is 2.54. The van der Waals surface area contributed by atoms with Gasteiger partial charge in [0.25, 0.3) is 10.0 Å².